The van der Waals surface area contributed by atoms with Crippen molar-refractivity contribution in [3.63, 3.8) is 0 Å². The first-order chi connectivity index (χ1) is 16.7. The van der Waals surface area contributed by atoms with E-state index in [1.807, 2.05) is 23.1 Å². The van der Waals surface area contributed by atoms with Crippen LogP contribution in [0.2, 0.25) is 0 Å². The third-order valence-corrected chi connectivity index (χ3v) is 7.44. The van der Waals surface area contributed by atoms with Gasteiger partial charge in [-0.25, -0.2) is 4.98 Å². The third-order valence-electron chi connectivity index (χ3n) is 7.44. The second kappa shape index (κ2) is 8.62. The van der Waals surface area contributed by atoms with Gasteiger partial charge in [0.05, 0.1) is 18.4 Å². The number of carbonyl (C=O) groups excluding carboxylic acids is 1. The SMILES string of the molecule is N#Cc1ccc(N2C3CCC2CN(CC(=O)N2CC=C(c4cccc5ccoc45)CC2)C3)nc1. The molecule has 0 N–H and O–H groups in total. The molecule has 2 unspecified atom stereocenters. The number of anilines is 1. The zero-order valence-corrected chi connectivity index (χ0v) is 19.1. The summed E-state index contributed by atoms with van der Waals surface area (Å²) in [6.07, 6.45) is 8.63. The Hall–Kier alpha value is -3.63. The summed E-state index contributed by atoms with van der Waals surface area (Å²) in [5.41, 5.74) is 3.91. The molecule has 0 aliphatic carbocycles. The maximum absolute atomic E-state index is 13.1. The standard InChI is InChI=1S/C27H27N5O2/c28-14-19-4-7-25(29-15-19)32-22-5-6-23(32)17-30(16-22)18-26(33)31-11-8-20(9-12-31)24-3-1-2-21-10-13-34-27(21)24/h1-4,7-8,10,13,15,22-23H,5-6,9,11-12,16-18H2. The highest BCUT2D eigenvalue weighted by Gasteiger charge is 2.41. The molecule has 3 aliphatic heterocycles. The Morgan fingerprint density at radius 1 is 1.15 bits per heavy atom. The molecule has 0 radical (unpaired) electrons. The Balaban J connectivity index is 1.08. The van der Waals surface area contributed by atoms with Gasteiger partial charge in [0.25, 0.3) is 0 Å². The van der Waals surface area contributed by atoms with Crippen molar-refractivity contribution in [2.75, 3.05) is 37.6 Å². The van der Waals surface area contributed by atoms with Crippen molar-refractivity contribution in [2.45, 2.75) is 31.3 Å². The number of furan rings is 1. The quantitative estimate of drug-likeness (QED) is 0.600. The average Bonchev–Trinajstić information content (AvgIpc) is 3.46. The Bertz CT molecular complexity index is 1270. The first-order valence-corrected chi connectivity index (χ1v) is 12.0. The van der Waals surface area contributed by atoms with Crippen LogP contribution in [0.25, 0.3) is 16.5 Å². The van der Waals surface area contributed by atoms with Crippen molar-refractivity contribution in [2.24, 2.45) is 0 Å². The number of hydrogen-bond donors (Lipinski definition) is 0. The van der Waals surface area contributed by atoms with E-state index in [1.165, 1.54) is 5.57 Å². The molecule has 1 aromatic carbocycles. The van der Waals surface area contributed by atoms with Crippen molar-refractivity contribution in [1.82, 2.24) is 14.8 Å². The highest BCUT2D eigenvalue weighted by Crippen LogP contribution is 2.34. The fourth-order valence-electron chi connectivity index (χ4n) is 5.78. The molecule has 5 heterocycles. The zero-order valence-electron chi connectivity index (χ0n) is 19.1. The summed E-state index contributed by atoms with van der Waals surface area (Å²) in [5.74, 6) is 1.15. The molecule has 7 heteroatoms. The minimum atomic E-state index is 0.204. The van der Waals surface area contributed by atoms with Crippen molar-refractivity contribution in [1.29, 1.82) is 5.26 Å². The van der Waals surface area contributed by atoms with Gasteiger partial charge in [-0.1, -0.05) is 24.3 Å². The number of pyridine rings is 1. The van der Waals surface area contributed by atoms with Crippen molar-refractivity contribution < 1.29 is 9.21 Å². The van der Waals surface area contributed by atoms with Gasteiger partial charge in [-0.2, -0.15) is 5.26 Å². The summed E-state index contributed by atoms with van der Waals surface area (Å²) < 4.78 is 5.70. The van der Waals surface area contributed by atoms with E-state index in [4.69, 9.17) is 9.68 Å². The number of para-hydroxylation sites is 1. The van der Waals surface area contributed by atoms with Gasteiger partial charge < -0.3 is 14.2 Å². The largest absolute Gasteiger partial charge is 0.464 e. The van der Waals surface area contributed by atoms with E-state index < -0.39 is 0 Å². The lowest BCUT2D eigenvalue weighted by molar-refractivity contribution is -0.132. The molecule has 0 saturated carbocycles. The van der Waals surface area contributed by atoms with E-state index in [-0.39, 0.29) is 5.91 Å². The molecule has 1 amide bonds. The number of rotatable bonds is 4. The molecule has 3 aliphatic rings. The van der Waals surface area contributed by atoms with Gasteiger partial charge >= 0.3 is 0 Å². The molecule has 3 aromatic rings. The molecular formula is C27H27N5O2. The molecule has 172 valence electrons. The Morgan fingerprint density at radius 3 is 2.71 bits per heavy atom. The molecule has 7 nitrogen and oxygen atoms in total. The number of piperazine rings is 1. The number of nitrogens with zero attached hydrogens (tertiary/aromatic N) is 5. The van der Waals surface area contributed by atoms with Crippen LogP contribution < -0.4 is 4.90 Å². The predicted molar refractivity (Wildman–Crippen MR) is 130 cm³/mol. The van der Waals surface area contributed by atoms with Crippen LogP contribution in [-0.2, 0) is 4.79 Å². The van der Waals surface area contributed by atoms with Crippen molar-refractivity contribution >= 4 is 28.3 Å². The minimum Gasteiger partial charge on any atom is -0.464 e. The molecule has 2 aromatic heterocycles. The van der Waals surface area contributed by atoms with E-state index in [1.54, 1.807) is 12.5 Å². The van der Waals surface area contributed by atoms with E-state index in [2.05, 4.69) is 45.1 Å². The van der Waals surface area contributed by atoms with Gasteiger partial charge in [0.2, 0.25) is 5.91 Å². The highest BCUT2D eigenvalue weighted by atomic mass is 16.3. The van der Waals surface area contributed by atoms with Crippen LogP contribution in [0, 0.1) is 11.3 Å². The van der Waals surface area contributed by atoms with Crippen LogP contribution in [-0.4, -0.2) is 65.5 Å². The van der Waals surface area contributed by atoms with Gasteiger partial charge in [0.15, 0.2) is 0 Å². The fourth-order valence-corrected chi connectivity index (χ4v) is 5.78. The van der Waals surface area contributed by atoms with Gasteiger partial charge in [-0.05, 0) is 43.0 Å². The summed E-state index contributed by atoms with van der Waals surface area (Å²) in [7, 11) is 0. The number of likely N-dealkylation sites (tertiary alicyclic amines) is 1. The molecule has 2 fully saturated rings. The maximum Gasteiger partial charge on any atom is 0.237 e. The number of hydrogen-bond acceptors (Lipinski definition) is 6. The smallest absolute Gasteiger partial charge is 0.237 e. The van der Waals surface area contributed by atoms with Crippen LogP contribution in [0.3, 0.4) is 0 Å². The fraction of sp³-hybridized carbons (Fsp3) is 0.370. The Labute approximate surface area is 198 Å². The normalized spacial score (nSPS) is 22.6. The van der Waals surface area contributed by atoms with E-state index >= 15 is 0 Å². The van der Waals surface area contributed by atoms with Crippen LogP contribution in [0.4, 0.5) is 5.82 Å². The number of amides is 1. The molecule has 2 atom stereocenters. The maximum atomic E-state index is 13.1. The second-order valence-corrected chi connectivity index (χ2v) is 9.47. The summed E-state index contributed by atoms with van der Waals surface area (Å²) >= 11 is 0. The van der Waals surface area contributed by atoms with Gasteiger partial charge in [-0.15, -0.1) is 0 Å². The second-order valence-electron chi connectivity index (χ2n) is 9.47. The summed E-state index contributed by atoms with van der Waals surface area (Å²) in [4.78, 5) is 24.3. The van der Waals surface area contributed by atoms with Crippen LogP contribution >= 0.6 is 0 Å². The van der Waals surface area contributed by atoms with E-state index in [9.17, 15) is 4.79 Å². The molecule has 2 saturated heterocycles. The lowest BCUT2D eigenvalue weighted by Gasteiger charge is -2.42. The monoisotopic (exact) mass is 453 g/mol. The van der Waals surface area contributed by atoms with Gasteiger partial charge in [0.1, 0.15) is 17.5 Å². The average molecular weight is 454 g/mol. The third kappa shape index (κ3) is 3.74. The lowest BCUT2D eigenvalue weighted by atomic mass is 9.98. The number of aromatic nitrogens is 1. The molecule has 0 spiro atoms. The van der Waals surface area contributed by atoms with Gasteiger partial charge in [0, 0.05) is 55.4 Å². The number of nitriles is 1. The first-order valence-electron chi connectivity index (χ1n) is 12.0. The van der Waals surface area contributed by atoms with Crippen molar-refractivity contribution in [3.05, 3.63) is 66.1 Å². The minimum absolute atomic E-state index is 0.204. The zero-order chi connectivity index (χ0) is 23.1. The summed E-state index contributed by atoms with van der Waals surface area (Å²) in [5, 5.41) is 10.1. The number of fused-ring (bicyclic) bond motifs is 3. The molecule has 6 rings (SSSR count). The molecule has 2 bridgehead atoms. The Kier molecular flexibility index (Phi) is 5.31. The first kappa shape index (κ1) is 20.9. The van der Waals surface area contributed by atoms with E-state index in [0.29, 0.717) is 30.7 Å². The van der Waals surface area contributed by atoms with Gasteiger partial charge in [-0.3, -0.25) is 9.69 Å². The van der Waals surface area contributed by atoms with Crippen LogP contribution in [0.15, 0.2) is 59.4 Å². The highest BCUT2D eigenvalue weighted by molar-refractivity contribution is 5.90. The summed E-state index contributed by atoms with van der Waals surface area (Å²) in [6.45, 7) is 3.61. The molecule has 34 heavy (non-hydrogen) atoms. The van der Waals surface area contributed by atoms with Crippen LogP contribution in [0.5, 0.6) is 0 Å². The number of benzene rings is 1. The lowest BCUT2D eigenvalue weighted by Crippen LogP contribution is -2.56. The Morgan fingerprint density at radius 2 is 2.00 bits per heavy atom. The number of carbonyl (C=O) groups is 1. The summed E-state index contributed by atoms with van der Waals surface area (Å²) in [6, 6.07) is 14.9. The molecular weight excluding hydrogens is 426 g/mol. The van der Waals surface area contributed by atoms with E-state index in [0.717, 1.165) is 61.2 Å². The van der Waals surface area contributed by atoms with Crippen LogP contribution in [0.1, 0.15) is 30.4 Å². The van der Waals surface area contributed by atoms with Crippen molar-refractivity contribution in [3.8, 4) is 6.07 Å². The predicted octanol–water partition coefficient (Wildman–Crippen LogP) is 3.67. The topological polar surface area (TPSA) is 76.6 Å².